The average Bonchev–Trinajstić information content (AvgIpc) is 2.58. The first-order valence-electron chi connectivity index (χ1n) is 8.35. The monoisotopic (exact) mass is 358 g/mol. The summed E-state index contributed by atoms with van der Waals surface area (Å²) in [6.45, 7) is 4.71. The Bertz CT molecular complexity index is 965. The minimum Gasteiger partial charge on any atom is -0.508 e. The van der Waals surface area contributed by atoms with Gasteiger partial charge in [0.05, 0.1) is 0 Å². The Hall–Kier alpha value is -2.30. The van der Waals surface area contributed by atoms with Crippen molar-refractivity contribution in [1.29, 1.82) is 0 Å². The van der Waals surface area contributed by atoms with Gasteiger partial charge in [-0.15, -0.1) is 0 Å². The third kappa shape index (κ3) is 3.86. The number of hydrogen-bond donors (Lipinski definition) is 2. The fraction of sp³-hybridized carbons (Fsp3) is 0.250. The highest BCUT2D eigenvalue weighted by atomic mass is 35.5. The zero-order valence-corrected chi connectivity index (χ0v) is 15.0. The van der Waals surface area contributed by atoms with Crippen molar-refractivity contribution in [3.05, 3.63) is 74.6 Å². The molecule has 25 heavy (non-hydrogen) atoms. The summed E-state index contributed by atoms with van der Waals surface area (Å²) in [6, 6.07) is 12.9. The Balaban J connectivity index is 1.91. The van der Waals surface area contributed by atoms with Gasteiger partial charge in [0.1, 0.15) is 23.9 Å². The molecule has 0 aliphatic carbocycles. The second-order valence-electron chi connectivity index (χ2n) is 6.20. The van der Waals surface area contributed by atoms with Crippen LogP contribution in [0.2, 0.25) is 5.02 Å². The Morgan fingerprint density at radius 3 is 2.72 bits per heavy atom. The zero-order chi connectivity index (χ0) is 18.0. The fourth-order valence-corrected chi connectivity index (χ4v) is 3.19. The van der Waals surface area contributed by atoms with Crippen molar-refractivity contribution >= 4 is 22.6 Å². The molecule has 3 N–H and O–H groups in total. The molecule has 0 spiro atoms. The number of hydrogen-bond acceptors (Lipinski definition) is 3. The number of rotatable bonds is 5. The summed E-state index contributed by atoms with van der Waals surface area (Å²) in [7, 11) is 0. The summed E-state index contributed by atoms with van der Waals surface area (Å²) in [5.74, 6) is 0.159. The van der Waals surface area contributed by atoms with Gasteiger partial charge in [-0.2, -0.15) is 0 Å². The molecular formula is C20H21ClNO3+. The molecule has 0 saturated carbocycles. The number of aromatic hydroxyl groups is 1. The molecule has 1 aromatic heterocycles. The Labute approximate surface area is 151 Å². The van der Waals surface area contributed by atoms with E-state index in [1.54, 1.807) is 0 Å². The Morgan fingerprint density at radius 2 is 2.00 bits per heavy atom. The third-order valence-corrected chi connectivity index (χ3v) is 4.71. The van der Waals surface area contributed by atoms with Gasteiger partial charge < -0.3 is 14.8 Å². The smallest absolute Gasteiger partial charge is 0.336 e. The number of phenolic OH excluding ortho intramolecular Hbond substituents is 1. The number of phenols is 1. The van der Waals surface area contributed by atoms with Gasteiger partial charge >= 0.3 is 5.63 Å². The highest BCUT2D eigenvalue weighted by Crippen LogP contribution is 2.26. The van der Waals surface area contributed by atoms with Crippen LogP contribution >= 0.6 is 11.6 Å². The molecule has 0 bridgehead atoms. The van der Waals surface area contributed by atoms with E-state index in [2.05, 4.69) is 12.2 Å². The van der Waals surface area contributed by atoms with Gasteiger partial charge in [0.15, 0.2) is 0 Å². The maximum atomic E-state index is 11.8. The van der Waals surface area contributed by atoms with Crippen molar-refractivity contribution in [1.82, 2.24) is 0 Å². The molecule has 2 aromatic carbocycles. The van der Waals surface area contributed by atoms with Crippen LogP contribution in [0.5, 0.6) is 5.75 Å². The number of benzene rings is 2. The zero-order valence-electron chi connectivity index (χ0n) is 14.3. The minimum absolute atomic E-state index is 0.159. The highest BCUT2D eigenvalue weighted by Gasteiger charge is 2.14. The molecule has 3 rings (SSSR count). The molecule has 0 aliphatic rings. The first kappa shape index (κ1) is 17.5. The SMILES string of the molecule is CCc1cc2c(C[NH2+][C@H](C)c3cccc(Cl)c3)cc(=O)oc2cc1O. The molecule has 0 amide bonds. The van der Waals surface area contributed by atoms with Gasteiger partial charge in [-0.05, 0) is 37.1 Å². The lowest BCUT2D eigenvalue weighted by atomic mass is 10.0. The van der Waals surface area contributed by atoms with E-state index in [0.29, 0.717) is 23.6 Å². The molecule has 4 nitrogen and oxygen atoms in total. The Morgan fingerprint density at radius 1 is 1.20 bits per heavy atom. The second kappa shape index (κ2) is 7.30. The van der Waals surface area contributed by atoms with Crippen LogP contribution < -0.4 is 10.9 Å². The summed E-state index contributed by atoms with van der Waals surface area (Å²) in [5.41, 5.74) is 2.88. The van der Waals surface area contributed by atoms with E-state index in [1.807, 2.05) is 37.3 Å². The van der Waals surface area contributed by atoms with Crippen molar-refractivity contribution in [2.75, 3.05) is 0 Å². The number of quaternary nitrogens is 1. The van der Waals surface area contributed by atoms with Gasteiger partial charge in [-0.25, -0.2) is 4.79 Å². The van der Waals surface area contributed by atoms with Crippen LogP contribution in [0.15, 0.2) is 51.7 Å². The number of nitrogens with two attached hydrogens (primary N) is 1. The lowest BCUT2D eigenvalue weighted by Gasteiger charge is -2.13. The van der Waals surface area contributed by atoms with Crippen molar-refractivity contribution in [2.45, 2.75) is 32.9 Å². The molecule has 1 heterocycles. The molecule has 0 fully saturated rings. The summed E-state index contributed by atoms with van der Waals surface area (Å²) in [4.78, 5) is 11.8. The van der Waals surface area contributed by atoms with Crippen LogP contribution in [-0.2, 0) is 13.0 Å². The summed E-state index contributed by atoms with van der Waals surface area (Å²) < 4.78 is 5.24. The van der Waals surface area contributed by atoms with E-state index >= 15 is 0 Å². The molecule has 0 saturated heterocycles. The lowest BCUT2D eigenvalue weighted by molar-refractivity contribution is -0.707. The molecule has 0 radical (unpaired) electrons. The second-order valence-corrected chi connectivity index (χ2v) is 6.64. The van der Waals surface area contributed by atoms with Crippen LogP contribution in [0.1, 0.15) is 36.6 Å². The van der Waals surface area contributed by atoms with Crippen LogP contribution in [0.3, 0.4) is 0 Å². The first-order chi connectivity index (χ1) is 12.0. The maximum absolute atomic E-state index is 11.8. The van der Waals surface area contributed by atoms with Gasteiger partial charge in [0.25, 0.3) is 0 Å². The molecule has 0 unspecified atom stereocenters. The highest BCUT2D eigenvalue weighted by molar-refractivity contribution is 6.30. The summed E-state index contributed by atoms with van der Waals surface area (Å²) in [5, 5.41) is 13.7. The van der Waals surface area contributed by atoms with Crippen LogP contribution in [0.4, 0.5) is 0 Å². The average molecular weight is 359 g/mol. The predicted octanol–water partition coefficient (Wildman–Crippen LogP) is 3.54. The largest absolute Gasteiger partial charge is 0.508 e. The van der Waals surface area contributed by atoms with E-state index in [1.165, 1.54) is 12.1 Å². The van der Waals surface area contributed by atoms with Gasteiger partial charge in [0.2, 0.25) is 0 Å². The molecule has 5 heteroatoms. The molecule has 3 aromatic rings. The normalized spacial score (nSPS) is 12.4. The van der Waals surface area contributed by atoms with E-state index in [4.69, 9.17) is 16.0 Å². The van der Waals surface area contributed by atoms with Crippen LogP contribution in [0.25, 0.3) is 11.0 Å². The van der Waals surface area contributed by atoms with Crippen molar-refractivity contribution in [3.63, 3.8) is 0 Å². The molecule has 1 atom stereocenters. The van der Waals surface area contributed by atoms with Gasteiger partial charge in [-0.1, -0.05) is 30.7 Å². The first-order valence-corrected chi connectivity index (χ1v) is 8.73. The minimum atomic E-state index is -0.407. The lowest BCUT2D eigenvalue weighted by Crippen LogP contribution is -2.83. The fourth-order valence-electron chi connectivity index (χ4n) is 2.99. The topological polar surface area (TPSA) is 67.0 Å². The summed E-state index contributed by atoms with van der Waals surface area (Å²) in [6.07, 6.45) is 0.711. The van der Waals surface area contributed by atoms with E-state index < -0.39 is 5.63 Å². The van der Waals surface area contributed by atoms with Crippen molar-refractivity contribution < 1.29 is 14.8 Å². The standard InChI is InChI=1S/C20H20ClNO3/c1-3-13-8-17-15(9-20(24)25-19(17)10-18(13)23)11-22-12(2)14-5-4-6-16(21)7-14/h4-10,12,22-23H,3,11H2,1-2H3/p+1/t12-/m1/s1. The quantitative estimate of drug-likeness (QED) is 0.685. The summed E-state index contributed by atoms with van der Waals surface area (Å²) >= 11 is 6.06. The number of aryl methyl sites for hydroxylation is 1. The van der Waals surface area contributed by atoms with Crippen molar-refractivity contribution in [2.24, 2.45) is 0 Å². The van der Waals surface area contributed by atoms with E-state index in [-0.39, 0.29) is 11.8 Å². The van der Waals surface area contributed by atoms with Gasteiger partial charge in [0, 0.05) is 33.7 Å². The van der Waals surface area contributed by atoms with Crippen LogP contribution in [-0.4, -0.2) is 5.11 Å². The van der Waals surface area contributed by atoms with Crippen molar-refractivity contribution in [3.8, 4) is 5.75 Å². The van der Waals surface area contributed by atoms with E-state index in [0.717, 1.165) is 22.1 Å². The molecular weight excluding hydrogens is 338 g/mol. The van der Waals surface area contributed by atoms with Crippen LogP contribution in [0, 0.1) is 0 Å². The Kier molecular flexibility index (Phi) is 5.11. The molecule has 0 aliphatic heterocycles. The van der Waals surface area contributed by atoms with Gasteiger partial charge in [-0.3, -0.25) is 0 Å². The number of halogens is 1. The van der Waals surface area contributed by atoms with E-state index in [9.17, 15) is 9.90 Å². The maximum Gasteiger partial charge on any atom is 0.336 e. The number of fused-ring (bicyclic) bond motifs is 1. The third-order valence-electron chi connectivity index (χ3n) is 4.48. The molecule has 130 valence electrons. The predicted molar refractivity (Wildman–Crippen MR) is 99.0 cm³/mol.